The molecule has 1 fully saturated rings. The highest BCUT2D eigenvalue weighted by Gasteiger charge is 2.62. The fourth-order valence-corrected chi connectivity index (χ4v) is 2.41. The van der Waals surface area contributed by atoms with E-state index in [1.54, 1.807) is 24.3 Å². The lowest BCUT2D eigenvalue weighted by atomic mass is 9.62. The van der Waals surface area contributed by atoms with Crippen molar-refractivity contribution in [3.05, 3.63) is 29.8 Å². The highest BCUT2D eigenvalue weighted by atomic mass is 19.3. The van der Waals surface area contributed by atoms with Crippen LogP contribution in [0, 0.1) is 0 Å². The van der Waals surface area contributed by atoms with Crippen LogP contribution in [-0.2, 0) is 14.9 Å². The van der Waals surface area contributed by atoms with Gasteiger partial charge in [-0.3, -0.25) is 4.79 Å². The van der Waals surface area contributed by atoms with Crippen LogP contribution in [-0.4, -0.2) is 26.1 Å². The summed E-state index contributed by atoms with van der Waals surface area (Å²) in [6, 6.07) is 6.63. The zero-order valence-corrected chi connectivity index (χ0v) is 10.2. The smallest absolute Gasteiger partial charge is 0.316 e. The van der Waals surface area contributed by atoms with Gasteiger partial charge in [-0.1, -0.05) is 12.1 Å². The first-order valence-corrected chi connectivity index (χ1v) is 5.54. The van der Waals surface area contributed by atoms with Gasteiger partial charge in [-0.15, -0.1) is 0 Å². The largest absolute Gasteiger partial charge is 0.497 e. The van der Waals surface area contributed by atoms with Crippen LogP contribution < -0.4 is 4.74 Å². The van der Waals surface area contributed by atoms with Gasteiger partial charge in [0.1, 0.15) is 11.2 Å². The first-order chi connectivity index (χ1) is 8.43. The molecule has 0 amide bonds. The zero-order chi connectivity index (χ0) is 13.4. The van der Waals surface area contributed by atoms with Gasteiger partial charge in [-0.2, -0.15) is 0 Å². The Bertz CT molecular complexity index is 463. The number of benzene rings is 1. The third-order valence-electron chi connectivity index (χ3n) is 3.32. The minimum atomic E-state index is -2.81. The number of hydrogen-bond donors (Lipinski definition) is 0. The number of carbonyl (C=O) groups excluding carboxylic acids is 1. The minimum Gasteiger partial charge on any atom is -0.497 e. The molecule has 0 atom stereocenters. The number of rotatable bonds is 3. The van der Waals surface area contributed by atoms with Gasteiger partial charge in [0.15, 0.2) is 0 Å². The predicted molar refractivity (Wildman–Crippen MR) is 60.9 cm³/mol. The second-order valence-corrected chi connectivity index (χ2v) is 4.52. The number of halogens is 2. The van der Waals surface area contributed by atoms with Gasteiger partial charge in [-0.05, 0) is 17.7 Å². The SMILES string of the molecule is COC(=O)C1(c2cccc(OC)c2)CC(F)(F)C1. The molecule has 0 N–H and O–H groups in total. The Morgan fingerprint density at radius 1 is 1.28 bits per heavy atom. The van der Waals surface area contributed by atoms with Gasteiger partial charge in [0.25, 0.3) is 5.92 Å². The third kappa shape index (κ3) is 1.94. The summed E-state index contributed by atoms with van der Waals surface area (Å²) in [6.45, 7) is 0. The standard InChI is InChI=1S/C13H14F2O3/c1-17-10-5-3-4-9(6-10)12(11(16)18-2)7-13(14,15)8-12/h3-6H,7-8H2,1-2H3. The van der Waals surface area contributed by atoms with Crippen molar-refractivity contribution in [2.75, 3.05) is 14.2 Å². The Morgan fingerprint density at radius 3 is 2.44 bits per heavy atom. The van der Waals surface area contributed by atoms with Crippen molar-refractivity contribution >= 4 is 5.97 Å². The highest BCUT2D eigenvalue weighted by molar-refractivity contribution is 5.85. The molecule has 1 aromatic rings. The highest BCUT2D eigenvalue weighted by Crippen LogP contribution is 2.54. The Hall–Kier alpha value is -1.65. The first-order valence-electron chi connectivity index (χ1n) is 5.54. The van der Waals surface area contributed by atoms with E-state index in [1.807, 2.05) is 0 Å². The maximum Gasteiger partial charge on any atom is 0.316 e. The molecule has 0 bridgehead atoms. The molecule has 0 aliphatic heterocycles. The van der Waals surface area contributed by atoms with E-state index < -0.39 is 30.1 Å². The molecule has 0 spiro atoms. The van der Waals surface area contributed by atoms with Crippen LogP contribution in [0.1, 0.15) is 18.4 Å². The van der Waals surface area contributed by atoms with Crippen molar-refractivity contribution < 1.29 is 23.0 Å². The molecule has 2 rings (SSSR count). The Morgan fingerprint density at radius 2 is 1.94 bits per heavy atom. The molecule has 1 aliphatic carbocycles. The zero-order valence-electron chi connectivity index (χ0n) is 10.2. The molecule has 1 aliphatic rings. The lowest BCUT2D eigenvalue weighted by Crippen LogP contribution is -2.54. The summed E-state index contributed by atoms with van der Waals surface area (Å²) in [5.41, 5.74) is -0.730. The maximum atomic E-state index is 13.2. The van der Waals surface area contributed by atoms with Crippen molar-refractivity contribution in [2.45, 2.75) is 24.2 Å². The van der Waals surface area contributed by atoms with E-state index in [-0.39, 0.29) is 0 Å². The van der Waals surface area contributed by atoms with E-state index in [0.717, 1.165) is 0 Å². The van der Waals surface area contributed by atoms with Crippen LogP contribution in [0.4, 0.5) is 8.78 Å². The summed E-state index contributed by atoms with van der Waals surface area (Å²) in [6.07, 6.45) is -1.03. The van der Waals surface area contributed by atoms with Crippen molar-refractivity contribution in [3.63, 3.8) is 0 Å². The number of alkyl halides is 2. The van der Waals surface area contributed by atoms with Crippen molar-refractivity contribution in [3.8, 4) is 5.75 Å². The molecule has 18 heavy (non-hydrogen) atoms. The molecule has 0 unspecified atom stereocenters. The van der Waals surface area contributed by atoms with Crippen molar-refractivity contribution in [1.82, 2.24) is 0 Å². The van der Waals surface area contributed by atoms with E-state index in [4.69, 9.17) is 4.74 Å². The topological polar surface area (TPSA) is 35.5 Å². The molecular weight excluding hydrogens is 242 g/mol. The van der Waals surface area contributed by atoms with E-state index in [0.29, 0.717) is 11.3 Å². The Labute approximate surface area is 104 Å². The molecule has 0 saturated heterocycles. The van der Waals surface area contributed by atoms with Gasteiger partial charge in [0.05, 0.1) is 14.2 Å². The molecule has 3 nitrogen and oxygen atoms in total. The van der Waals surface area contributed by atoms with Crippen molar-refractivity contribution in [2.24, 2.45) is 0 Å². The maximum absolute atomic E-state index is 13.2. The number of hydrogen-bond acceptors (Lipinski definition) is 3. The Kier molecular flexibility index (Phi) is 3.00. The minimum absolute atomic E-state index is 0.514. The lowest BCUT2D eigenvalue weighted by molar-refractivity contribution is -0.177. The normalized spacial score (nSPS) is 19.8. The average molecular weight is 256 g/mol. The van der Waals surface area contributed by atoms with Gasteiger partial charge < -0.3 is 9.47 Å². The molecule has 1 aromatic carbocycles. The van der Waals surface area contributed by atoms with Crippen LogP contribution in [0.15, 0.2) is 24.3 Å². The second kappa shape index (κ2) is 4.23. The number of esters is 1. The number of ether oxygens (including phenoxy) is 2. The van der Waals surface area contributed by atoms with Crippen LogP contribution >= 0.6 is 0 Å². The summed E-state index contributed by atoms with van der Waals surface area (Å²) >= 11 is 0. The van der Waals surface area contributed by atoms with Gasteiger partial charge >= 0.3 is 5.97 Å². The fraction of sp³-hybridized carbons (Fsp3) is 0.462. The van der Waals surface area contributed by atoms with Crippen LogP contribution in [0.5, 0.6) is 5.75 Å². The summed E-state index contributed by atoms with van der Waals surface area (Å²) in [5, 5.41) is 0. The monoisotopic (exact) mass is 256 g/mol. The average Bonchev–Trinajstić information content (AvgIpc) is 2.34. The molecule has 98 valence electrons. The number of carbonyl (C=O) groups is 1. The molecule has 5 heteroatoms. The summed E-state index contributed by atoms with van der Waals surface area (Å²) in [4.78, 5) is 11.8. The summed E-state index contributed by atoms with van der Waals surface area (Å²) in [5.74, 6) is -2.90. The molecule has 0 radical (unpaired) electrons. The lowest BCUT2D eigenvalue weighted by Gasteiger charge is -2.45. The van der Waals surface area contributed by atoms with E-state index in [1.165, 1.54) is 14.2 Å². The number of methoxy groups -OCH3 is 2. The van der Waals surface area contributed by atoms with E-state index in [2.05, 4.69) is 4.74 Å². The third-order valence-corrected chi connectivity index (χ3v) is 3.32. The van der Waals surface area contributed by atoms with Crippen LogP contribution in [0.25, 0.3) is 0 Å². The molecular formula is C13H14F2O3. The first kappa shape index (κ1) is 12.8. The second-order valence-electron chi connectivity index (χ2n) is 4.52. The quantitative estimate of drug-likeness (QED) is 0.780. The summed E-state index contributed by atoms with van der Waals surface area (Å²) in [7, 11) is 2.69. The van der Waals surface area contributed by atoms with Crippen molar-refractivity contribution in [1.29, 1.82) is 0 Å². The molecule has 0 aromatic heterocycles. The van der Waals surface area contributed by atoms with E-state index >= 15 is 0 Å². The molecule has 1 saturated carbocycles. The fourth-order valence-electron chi connectivity index (χ4n) is 2.41. The molecule has 0 heterocycles. The van der Waals surface area contributed by atoms with E-state index in [9.17, 15) is 13.6 Å². The van der Waals surface area contributed by atoms with Gasteiger partial charge in [0.2, 0.25) is 0 Å². The Balaban J connectivity index is 2.39. The van der Waals surface area contributed by atoms with Gasteiger partial charge in [-0.25, -0.2) is 8.78 Å². The van der Waals surface area contributed by atoms with Crippen LogP contribution in [0.3, 0.4) is 0 Å². The summed E-state index contributed by atoms with van der Waals surface area (Å²) < 4.78 is 36.0. The predicted octanol–water partition coefficient (Wildman–Crippen LogP) is 2.54. The van der Waals surface area contributed by atoms with Crippen LogP contribution in [0.2, 0.25) is 0 Å². The van der Waals surface area contributed by atoms with Gasteiger partial charge in [0, 0.05) is 12.8 Å².